The van der Waals surface area contributed by atoms with Gasteiger partial charge in [-0.05, 0) is 36.2 Å². The molecule has 0 aromatic heterocycles. The van der Waals surface area contributed by atoms with Crippen molar-refractivity contribution in [3.05, 3.63) is 60.2 Å². The molecule has 0 heterocycles. The molecule has 0 aliphatic rings. The van der Waals surface area contributed by atoms with Gasteiger partial charge in [-0.25, -0.2) is 0 Å². The van der Waals surface area contributed by atoms with Crippen LogP contribution in [0.4, 0.5) is 5.69 Å². The molecule has 2 aromatic rings. The highest BCUT2D eigenvalue weighted by Crippen LogP contribution is 2.16. The Labute approximate surface area is 124 Å². The van der Waals surface area contributed by atoms with E-state index in [9.17, 15) is 4.79 Å². The summed E-state index contributed by atoms with van der Waals surface area (Å²) in [4.78, 5) is 12.0. The number of benzene rings is 2. The van der Waals surface area contributed by atoms with Crippen LogP contribution in [-0.2, 0) is 4.79 Å². The molecule has 0 saturated carbocycles. The number of nitrogen functional groups attached to an aromatic ring is 1. The Morgan fingerprint density at radius 3 is 2.43 bits per heavy atom. The molecule has 3 N–H and O–H groups in total. The first kappa shape index (κ1) is 14.9. The molecular formula is C17H20N2O2. The first-order valence-corrected chi connectivity index (χ1v) is 7.01. The summed E-state index contributed by atoms with van der Waals surface area (Å²) in [6.45, 7) is 2.03. The van der Waals surface area contributed by atoms with Crippen molar-refractivity contribution < 1.29 is 9.53 Å². The minimum Gasteiger partial charge on any atom is -0.484 e. The average molecular weight is 284 g/mol. The molecule has 1 amide bonds. The van der Waals surface area contributed by atoms with Crippen molar-refractivity contribution in [3.8, 4) is 5.75 Å². The first-order valence-electron chi connectivity index (χ1n) is 7.01. The summed E-state index contributed by atoms with van der Waals surface area (Å²) >= 11 is 0. The van der Waals surface area contributed by atoms with Crippen molar-refractivity contribution in [1.82, 2.24) is 5.32 Å². The van der Waals surface area contributed by atoms with Gasteiger partial charge in [-0.1, -0.05) is 37.3 Å². The lowest BCUT2D eigenvalue weighted by Crippen LogP contribution is -2.32. The molecule has 1 unspecified atom stereocenters. The molecule has 0 aliphatic heterocycles. The van der Waals surface area contributed by atoms with Crippen molar-refractivity contribution in [2.24, 2.45) is 0 Å². The van der Waals surface area contributed by atoms with Gasteiger partial charge in [0, 0.05) is 5.69 Å². The molecule has 4 nitrogen and oxygen atoms in total. The molecular weight excluding hydrogens is 264 g/mol. The van der Waals surface area contributed by atoms with Crippen molar-refractivity contribution in [1.29, 1.82) is 0 Å². The monoisotopic (exact) mass is 284 g/mol. The van der Waals surface area contributed by atoms with Crippen molar-refractivity contribution >= 4 is 11.6 Å². The number of carbonyl (C=O) groups excluding carboxylic acids is 1. The van der Waals surface area contributed by atoms with Gasteiger partial charge in [0.15, 0.2) is 6.61 Å². The lowest BCUT2D eigenvalue weighted by molar-refractivity contribution is -0.123. The van der Waals surface area contributed by atoms with Crippen molar-refractivity contribution in [2.75, 3.05) is 12.3 Å². The van der Waals surface area contributed by atoms with E-state index >= 15 is 0 Å². The average Bonchev–Trinajstić information content (AvgIpc) is 2.53. The number of nitrogens with one attached hydrogen (secondary N) is 1. The molecule has 4 heteroatoms. The zero-order chi connectivity index (χ0) is 15.1. The zero-order valence-electron chi connectivity index (χ0n) is 12.1. The second kappa shape index (κ2) is 7.33. The maximum Gasteiger partial charge on any atom is 0.258 e. The van der Waals surface area contributed by atoms with Crippen LogP contribution in [0.1, 0.15) is 24.9 Å². The number of amides is 1. The van der Waals surface area contributed by atoms with E-state index in [1.54, 1.807) is 24.3 Å². The molecule has 0 bridgehead atoms. The van der Waals surface area contributed by atoms with E-state index in [4.69, 9.17) is 10.5 Å². The predicted octanol–water partition coefficient (Wildman–Crippen LogP) is 2.92. The third-order valence-corrected chi connectivity index (χ3v) is 3.20. The molecule has 0 fully saturated rings. The Balaban J connectivity index is 1.87. The van der Waals surface area contributed by atoms with E-state index in [0.717, 1.165) is 12.0 Å². The number of nitrogens with two attached hydrogens (primary N) is 1. The van der Waals surface area contributed by atoms with Crippen molar-refractivity contribution in [2.45, 2.75) is 19.4 Å². The van der Waals surface area contributed by atoms with Crippen LogP contribution in [0.2, 0.25) is 0 Å². The molecule has 1 atom stereocenters. The molecule has 0 saturated heterocycles. The van der Waals surface area contributed by atoms with E-state index < -0.39 is 0 Å². The van der Waals surface area contributed by atoms with Gasteiger partial charge in [0.05, 0.1) is 6.04 Å². The standard InChI is InChI=1S/C17H20N2O2/c1-2-16(13-6-4-3-5-7-13)19-17(20)12-21-15-10-8-14(18)9-11-15/h3-11,16H,2,12,18H2,1H3,(H,19,20). The van der Waals surface area contributed by atoms with E-state index in [-0.39, 0.29) is 18.6 Å². The fourth-order valence-electron chi connectivity index (χ4n) is 2.06. The van der Waals surface area contributed by atoms with E-state index in [1.807, 2.05) is 37.3 Å². The summed E-state index contributed by atoms with van der Waals surface area (Å²) in [5.74, 6) is 0.495. The lowest BCUT2D eigenvalue weighted by Gasteiger charge is -2.17. The van der Waals surface area contributed by atoms with Crippen molar-refractivity contribution in [3.63, 3.8) is 0 Å². The van der Waals surface area contributed by atoms with Gasteiger partial charge in [0.2, 0.25) is 0 Å². The van der Waals surface area contributed by atoms with Gasteiger partial charge in [-0.2, -0.15) is 0 Å². The quantitative estimate of drug-likeness (QED) is 0.802. The number of hydrogen-bond donors (Lipinski definition) is 2. The summed E-state index contributed by atoms with van der Waals surface area (Å²) in [5, 5.41) is 2.98. The Hall–Kier alpha value is -2.49. The fraction of sp³-hybridized carbons (Fsp3) is 0.235. The highest BCUT2D eigenvalue weighted by Gasteiger charge is 2.12. The number of rotatable bonds is 6. The van der Waals surface area contributed by atoms with Crippen LogP contribution in [0.5, 0.6) is 5.75 Å². The van der Waals surface area contributed by atoms with Crippen LogP contribution in [0, 0.1) is 0 Å². The van der Waals surface area contributed by atoms with Gasteiger partial charge in [-0.3, -0.25) is 4.79 Å². The van der Waals surface area contributed by atoms with Gasteiger partial charge in [-0.15, -0.1) is 0 Å². The maximum absolute atomic E-state index is 12.0. The third kappa shape index (κ3) is 4.53. The predicted molar refractivity (Wildman–Crippen MR) is 84.0 cm³/mol. The SMILES string of the molecule is CCC(NC(=O)COc1ccc(N)cc1)c1ccccc1. The number of carbonyl (C=O) groups is 1. The topological polar surface area (TPSA) is 64.3 Å². The minimum absolute atomic E-state index is 0.00669. The normalized spacial score (nSPS) is 11.7. The molecule has 0 radical (unpaired) electrons. The molecule has 2 rings (SSSR count). The second-order valence-electron chi connectivity index (χ2n) is 4.80. The largest absolute Gasteiger partial charge is 0.484 e. The molecule has 2 aromatic carbocycles. The number of ether oxygens (including phenoxy) is 1. The zero-order valence-corrected chi connectivity index (χ0v) is 12.1. The number of hydrogen-bond acceptors (Lipinski definition) is 3. The minimum atomic E-state index is -0.137. The van der Waals surface area contributed by atoms with Crippen LogP contribution in [-0.4, -0.2) is 12.5 Å². The summed E-state index contributed by atoms with van der Waals surface area (Å²) in [5.41, 5.74) is 7.36. The van der Waals surface area contributed by atoms with Crippen LogP contribution in [0.15, 0.2) is 54.6 Å². The Kier molecular flexibility index (Phi) is 5.21. The summed E-state index contributed by atoms with van der Waals surface area (Å²) < 4.78 is 5.44. The Morgan fingerprint density at radius 1 is 1.14 bits per heavy atom. The Morgan fingerprint density at radius 2 is 1.81 bits per heavy atom. The summed E-state index contributed by atoms with van der Waals surface area (Å²) in [6, 6.07) is 16.9. The smallest absolute Gasteiger partial charge is 0.258 e. The van der Waals surface area contributed by atoms with Gasteiger partial charge in [0.25, 0.3) is 5.91 Å². The molecule has 110 valence electrons. The van der Waals surface area contributed by atoms with E-state index in [0.29, 0.717) is 11.4 Å². The highest BCUT2D eigenvalue weighted by molar-refractivity contribution is 5.78. The third-order valence-electron chi connectivity index (χ3n) is 3.20. The number of anilines is 1. The maximum atomic E-state index is 12.0. The van der Waals surface area contributed by atoms with E-state index in [1.165, 1.54) is 0 Å². The second-order valence-corrected chi connectivity index (χ2v) is 4.80. The first-order chi connectivity index (χ1) is 10.2. The highest BCUT2D eigenvalue weighted by atomic mass is 16.5. The fourth-order valence-corrected chi connectivity index (χ4v) is 2.06. The lowest BCUT2D eigenvalue weighted by atomic mass is 10.0. The van der Waals surface area contributed by atoms with Crippen LogP contribution < -0.4 is 15.8 Å². The molecule has 21 heavy (non-hydrogen) atoms. The van der Waals surface area contributed by atoms with E-state index in [2.05, 4.69) is 5.32 Å². The van der Waals surface area contributed by atoms with Crippen LogP contribution in [0.25, 0.3) is 0 Å². The molecule has 0 aliphatic carbocycles. The molecule has 0 spiro atoms. The van der Waals surface area contributed by atoms with Gasteiger partial charge < -0.3 is 15.8 Å². The van der Waals surface area contributed by atoms with Gasteiger partial charge in [0.1, 0.15) is 5.75 Å². The summed E-state index contributed by atoms with van der Waals surface area (Å²) in [6.07, 6.45) is 0.831. The van der Waals surface area contributed by atoms with Crippen LogP contribution in [0.3, 0.4) is 0 Å². The van der Waals surface area contributed by atoms with Gasteiger partial charge >= 0.3 is 0 Å². The van der Waals surface area contributed by atoms with Crippen LogP contribution >= 0.6 is 0 Å². The summed E-state index contributed by atoms with van der Waals surface area (Å²) in [7, 11) is 0. The Bertz CT molecular complexity index is 567.